The molecular formula is C9H14N4OS. The highest BCUT2D eigenvalue weighted by atomic mass is 32.2. The van der Waals surface area contributed by atoms with Crippen LogP contribution in [-0.4, -0.2) is 33.9 Å². The molecule has 0 aliphatic heterocycles. The number of carbonyl (C=O) groups is 1. The van der Waals surface area contributed by atoms with Crippen molar-refractivity contribution in [3.05, 3.63) is 18.6 Å². The van der Waals surface area contributed by atoms with Crippen LogP contribution in [-0.2, 0) is 4.79 Å². The van der Waals surface area contributed by atoms with Gasteiger partial charge in [-0.1, -0.05) is 0 Å². The number of hydrogen-bond acceptors (Lipinski definition) is 5. The zero-order valence-electron chi connectivity index (χ0n) is 8.51. The van der Waals surface area contributed by atoms with Gasteiger partial charge < -0.3 is 11.1 Å². The van der Waals surface area contributed by atoms with E-state index in [1.807, 2.05) is 6.26 Å². The molecule has 0 aliphatic rings. The molecule has 5 nitrogen and oxygen atoms in total. The number of nitrogens with one attached hydrogen (secondary N) is 1. The van der Waals surface area contributed by atoms with Gasteiger partial charge in [0.15, 0.2) is 5.82 Å². The predicted octanol–water partition coefficient (Wildman–Crippen LogP) is 0.495. The molecule has 0 spiro atoms. The van der Waals surface area contributed by atoms with E-state index in [0.29, 0.717) is 12.2 Å². The first-order valence-corrected chi connectivity index (χ1v) is 5.95. The first-order valence-electron chi connectivity index (χ1n) is 4.55. The molecule has 1 aromatic rings. The molecule has 0 bridgehead atoms. The lowest BCUT2D eigenvalue weighted by Gasteiger charge is -2.10. The fourth-order valence-corrected chi connectivity index (χ4v) is 1.45. The second-order valence-electron chi connectivity index (χ2n) is 2.97. The number of nitrogens with two attached hydrogens (primary N) is 1. The molecule has 1 amide bonds. The topological polar surface area (TPSA) is 80.9 Å². The molecule has 0 fully saturated rings. The van der Waals surface area contributed by atoms with Crippen LogP contribution < -0.4 is 11.1 Å². The van der Waals surface area contributed by atoms with Crippen molar-refractivity contribution < 1.29 is 4.79 Å². The Bertz CT molecular complexity index is 306. The van der Waals surface area contributed by atoms with Gasteiger partial charge in [0.25, 0.3) is 0 Å². The fourth-order valence-electron chi connectivity index (χ4n) is 0.958. The van der Waals surface area contributed by atoms with E-state index < -0.39 is 6.04 Å². The maximum atomic E-state index is 11.5. The molecule has 6 heteroatoms. The molecule has 1 rings (SSSR count). The average molecular weight is 226 g/mol. The molecule has 0 saturated carbocycles. The first-order chi connectivity index (χ1) is 7.24. The molecule has 1 heterocycles. The van der Waals surface area contributed by atoms with Crippen LogP contribution in [0.2, 0.25) is 0 Å². The fraction of sp³-hybridized carbons (Fsp3) is 0.444. The smallest absolute Gasteiger partial charge is 0.242 e. The third-order valence-electron chi connectivity index (χ3n) is 1.78. The van der Waals surface area contributed by atoms with Crippen LogP contribution in [0.1, 0.15) is 6.42 Å². The van der Waals surface area contributed by atoms with Gasteiger partial charge in [0.2, 0.25) is 5.91 Å². The summed E-state index contributed by atoms with van der Waals surface area (Å²) in [5.74, 6) is 1.08. The van der Waals surface area contributed by atoms with Crippen LogP contribution in [0.15, 0.2) is 18.6 Å². The Kier molecular flexibility index (Phi) is 5.06. The van der Waals surface area contributed by atoms with Crippen LogP contribution in [0.4, 0.5) is 5.82 Å². The molecule has 0 unspecified atom stereocenters. The van der Waals surface area contributed by atoms with Gasteiger partial charge in [-0.15, -0.1) is 0 Å². The van der Waals surface area contributed by atoms with E-state index in [4.69, 9.17) is 5.73 Å². The molecule has 0 aliphatic carbocycles. The van der Waals surface area contributed by atoms with E-state index in [2.05, 4.69) is 15.3 Å². The normalized spacial score (nSPS) is 12.1. The second kappa shape index (κ2) is 6.36. The number of aromatic nitrogens is 2. The minimum absolute atomic E-state index is 0.218. The Morgan fingerprint density at radius 1 is 1.67 bits per heavy atom. The maximum Gasteiger partial charge on any atom is 0.242 e. The zero-order valence-corrected chi connectivity index (χ0v) is 9.33. The minimum Gasteiger partial charge on any atom is -0.320 e. The summed E-state index contributed by atoms with van der Waals surface area (Å²) in [6.07, 6.45) is 7.19. The largest absolute Gasteiger partial charge is 0.320 e. The van der Waals surface area contributed by atoms with Crippen LogP contribution in [0.5, 0.6) is 0 Å². The highest BCUT2D eigenvalue weighted by Gasteiger charge is 2.13. The van der Waals surface area contributed by atoms with Crippen molar-refractivity contribution in [1.29, 1.82) is 0 Å². The Labute approximate surface area is 92.9 Å². The van der Waals surface area contributed by atoms with E-state index in [-0.39, 0.29) is 5.91 Å². The number of carbonyl (C=O) groups excluding carboxylic acids is 1. The minimum atomic E-state index is -0.487. The van der Waals surface area contributed by atoms with Crippen molar-refractivity contribution in [2.45, 2.75) is 12.5 Å². The first kappa shape index (κ1) is 11.9. The van der Waals surface area contributed by atoms with Crippen molar-refractivity contribution in [2.75, 3.05) is 17.3 Å². The third kappa shape index (κ3) is 4.26. The van der Waals surface area contributed by atoms with E-state index >= 15 is 0 Å². The summed E-state index contributed by atoms with van der Waals surface area (Å²) in [6, 6.07) is -0.487. The van der Waals surface area contributed by atoms with Crippen molar-refractivity contribution in [2.24, 2.45) is 5.73 Å². The van der Waals surface area contributed by atoms with Gasteiger partial charge >= 0.3 is 0 Å². The third-order valence-corrected chi connectivity index (χ3v) is 2.43. The monoisotopic (exact) mass is 226 g/mol. The summed E-state index contributed by atoms with van der Waals surface area (Å²) < 4.78 is 0. The van der Waals surface area contributed by atoms with Crippen molar-refractivity contribution in [1.82, 2.24) is 9.97 Å². The average Bonchev–Trinajstić information content (AvgIpc) is 2.27. The number of anilines is 1. The lowest BCUT2D eigenvalue weighted by molar-refractivity contribution is -0.117. The lowest BCUT2D eigenvalue weighted by atomic mass is 10.2. The molecule has 0 saturated heterocycles. The Morgan fingerprint density at radius 2 is 2.47 bits per heavy atom. The summed E-state index contributed by atoms with van der Waals surface area (Å²) in [4.78, 5) is 19.3. The van der Waals surface area contributed by atoms with E-state index in [1.54, 1.807) is 18.0 Å². The predicted molar refractivity (Wildman–Crippen MR) is 61.6 cm³/mol. The number of hydrogen-bond donors (Lipinski definition) is 2. The Hall–Kier alpha value is -1.14. The van der Waals surface area contributed by atoms with Gasteiger partial charge in [-0.3, -0.25) is 9.78 Å². The maximum absolute atomic E-state index is 11.5. The number of nitrogens with zero attached hydrogens (tertiary/aromatic N) is 2. The molecule has 0 radical (unpaired) electrons. The van der Waals surface area contributed by atoms with Gasteiger partial charge in [-0.2, -0.15) is 11.8 Å². The number of amides is 1. The SMILES string of the molecule is CSCC[C@@H](N)C(=O)Nc1cnccn1. The van der Waals surface area contributed by atoms with Crippen LogP contribution >= 0.6 is 11.8 Å². The van der Waals surface area contributed by atoms with Crippen LogP contribution in [0, 0.1) is 0 Å². The summed E-state index contributed by atoms with van der Waals surface area (Å²) in [6.45, 7) is 0. The molecule has 1 atom stereocenters. The summed E-state index contributed by atoms with van der Waals surface area (Å²) in [7, 11) is 0. The van der Waals surface area contributed by atoms with Crippen molar-refractivity contribution in [3.8, 4) is 0 Å². The summed E-state index contributed by atoms with van der Waals surface area (Å²) in [5, 5.41) is 2.60. The zero-order chi connectivity index (χ0) is 11.1. The highest BCUT2D eigenvalue weighted by molar-refractivity contribution is 7.98. The van der Waals surface area contributed by atoms with Crippen LogP contribution in [0.3, 0.4) is 0 Å². The second-order valence-corrected chi connectivity index (χ2v) is 3.95. The standard InChI is InChI=1S/C9H14N4OS/c1-15-5-2-7(10)9(14)13-8-6-11-3-4-12-8/h3-4,6-7H,2,5,10H2,1H3,(H,12,13,14)/t7-/m1/s1. The van der Waals surface area contributed by atoms with Gasteiger partial charge in [0, 0.05) is 12.4 Å². The molecule has 1 aromatic heterocycles. The highest BCUT2D eigenvalue weighted by Crippen LogP contribution is 2.02. The molecule has 82 valence electrons. The Morgan fingerprint density at radius 3 is 3.07 bits per heavy atom. The molecule has 15 heavy (non-hydrogen) atoms. The van der Waals surface area contributed by atoms with Gasteiger partial charge in [0.1, 0.15) is 0 Å². The molecule has 3 N–H and O–H groups in total. The lowest BCUT2D eigenvalue weighted by Crippen LogP contribution is -2.36. The Balaban J connectivity index is 2.42. The van der Waals surface area contributed by atoms with E-state index in [1.165, 1.54) is 12.4 Å². The molecular weight excluding hydrogens is 212 g/mol. The van der Waals surface area contributed by atoms with Gasteiger partial charge in [-0.05, 0) is 18.4 Å². The summed E-state index contributed by atoms with van der Waals surface area (Å²) in [5.41, 5.74) is 5.68. The van der Waals surface area contributed by atoms with E-state index in [0.717, 1.165) is 5.75 Å². The van der Waals surface area contributed by atoms with Crippen LogP contribution in [0.25, 0.3) is 0 Å². The number of rotatable bonds is 5. The number of thioether (sulfide) groups is 1. The van der Waals surface area contributed by atoms with Gasteiger partial charge in [0.05, 0.1) is 12.2 Å². The van der Waals surface area contributed by atoms with Crippen molar-refractivity contribution in [3.63, 3.8) is 0 Å². The summed E-state index contributed by atoms with van der Waals surface area (Å²) >= 11 is 1.67. The molecule has 0 aromatic carbocycles. The van der Waals surface area contributed by atoms with Gasteiger partial charge in [-0.25, -0.2) is 4.98 Å². The van der Waals surface area contributed by atoms with E-state index in [9.17, 15) is 4.79 Å². The quantitative estimate of drug-likeness (QED) is 0.764. The van der Waals surface area contributed by atoms with Crippen molar-refractivity contribution >= 4 is 23.5 Å².